The van der Waals surface area contributed by atoms with E-state index in [0.717, 1.165) is 23.7 Å². The summed E-state index contributed by atoms with van der Waals surface area (Å²) in [7, 11) is 0. The first-order chi connectivity index (χ1) is 14.6. The van der Waals surface area contributed by atoms with Crippen molar-refractivity contribution in [3.05, 3.63) is 24.3 Å². The van der Waals surface area contributed by atoms with Crippen LogP contribution in [-0.4, -0.2) is 87.9 Å². The Morgan fingerprint density at radius 2 is 1.70 bits per heavy atom. The fourth-order valence-corrected chi connectivity index (χ4v) is 4.40. The minimum atomic E-state index is -0.388. The van der Waals surface area contributed by atoms with Gasteiger partial charge in [0.1, 0.15) is 0 Å². The highest BCUT2D eigenvalue weighted by Gasteiger charge is 2.46. The molecule has 0 aromatic heterocycles. The van der Waals surface area contributed by atoms with E-state index in [4.69, 9.17) is 9.47 Å². The molecule has 162 valence electrons. The lowest BCUT2D eigenvalue weighted by Gasteiger charge is -2.33. The normalized spacial score (nSPS) is 23.2. The molecule has 1 aromatic rings. The summed E-state index contributed by atoms with van der Waals surface area (Å²) in [6, 6.07) is 7.22. The molecule has 1 N–H and O–H groups in total. The Hall–Kier alpha value is -2.65. The first-order valence-corrected chi connectivity index (χ1v) is 10.6. The van der Waals surface area contributed by atoms with Gasteiger partial charge in [0.2, 0.25) is 5.91 Å². The largest absolute Gasteiger partial charge is 0.450 e. The van der Waals surface area contributed by atoms with Gasteiger partial charge in [0, 0.05) is 18.8 Å². The van der Waals surface area contributed by atoms with Gasteiger partial charge in [-0.15, -0.1) is 0 Å². The number of nitrogens with one attached hydrogen (secondary N) is 1. The van der Waals surface area contributed by atoms with Crippen molar-refractivity contribution in [3.63, 3.8) is 0 Å². The first-order valence-electron chi connectivity index (χ1n) is 10.6. The highest BCUT2D eigenvalue weighted by atomic mass is 16.6. The summed E-state index contributed by atoms with van der Waals surface area (Å²) in [6.07, 6.45) is -0.105. The summed E-state index contributed by atoms with van der Waals surface area (Å²) >= 11 is 0. The highest BCUT2D eigenvalue weighted by Crippen LogP contribution is 2.25. The van der Waals surface area contributed by atoms with Gasteiger partial charge in [-0.3, -0.25) is 14.5 Å². The van der Waals surface area contributed by atoms with E-state index in [1.54, 1.807) is 11.8 Å². The monoisotopic (exact) mass is 417 g/mol. The van der Waals surface area contributed by atoms with E-state index in [0.29, 0.717) is 51.7 Å². The molecule has 0 bridgehead atoms. The van der Waals surface area contributed by atoms with Crippen LogP contribution in [-0.2, 0) is 19.1 Å². The smallest absolute Gasteiger partial charge is 0.410 e. The molecule has 9 heteroatoms. The number of hydrogen-bond donors (Lipinski definition) is 1. The summed E-state index contributed by atoms with van der Waals surface area (Å²) in [5.74, 6) is -0.317. The van der Waals surface area contributed by atoms with Crippen LogP contribution >= 0.6 is 0 Å². The Balaban J connectivity index is 1.39. The molecule has 0 unspecified atom stereocenters. The van der Waals surface area contributed by atoms with E-state index < -0.39 is 0 Å². The Labute approximate surface area is 176 Å². The number of ether oxygens (including phenoxy) is 2. The van der Waals surface area contributed by atoms with Crippen molar-refractivity contribution >= 4 is 29.3 Å². The number of amides is 3. The van der Waals surface area contributed by atoms with Gasteiger partial charge >= 0.3 is 6.09 Å². The van der Waals surface area contributed by atoms with Crippen LogP contribution in [0.2, 0.25) is 0 Å². The number of piperazine rings is 1. The predicted octanol–water partition coefficient (Wildman–Crippen LogP) is -0.488. The van der Waals surface area contributed by atoms with Crippen molar-refractivity contribution in [1.29, 1.82) is 0 Å². The van der Waals surface area contributed by atoms with Gasteiger partial charge < -0.3 is 19.3 Å². The minimum absolute atomic E-state index is 0.154. The van der Waals surface area contributed by atoms with E-state index in [1.165, 1.54) is 4.90 Å². The zero-order chi connectivity index (χ0) is 21.1. The van der Waals surface area contributed by atoms with Crippen LogP contribution < -0.4 is 14.7 Å². The average Bonchev–Trinajstić information content (AvgIpc) is 3.08. The van der Waals surface area contributed by atoms with E-state index in [9.17, 15) is 14.4 Å². The third-order valence-electron chi connectivity index (χ3n) is 6.06. The molecule has 0 spiro atoms. The topological polar surface area (TPSA) is 83.8 Å². The second-order valence-corrected chi connectivity index (χ2v) is 7.78. The average molecular weight is 417 g/mol. The molecule has 3 aliphatic rings. The molecule has 3 aliphatic heterocycles. The molecule has 1 aromatic carbocycles. The standard InChI is InChI=1S/C21H28N4O5/c1-2-30-21(28)24-9-7-23(8-10-24)18-15-19(26)25(20(18)27)17-5-3-16(4-6-17)22-11-13-29-14-12-22/h3-6,18H,2,7-15H2,1H3/p+1/t18-/m0/s1. The van der Waals surface area contributed by atoms with Crippen LogP contribution in [0.15, 0.2) is 24.3 Å². The second-order valence-electron chi connectivity index (χ2n) is 7.78. The van der Waals surface area contributed by atoms with Gasteiger partial charge in [-0.25, -0.2) is 9.69 Å². The Kier molecular flexibility index (Phi) is 6.19. The SMILES string of the molecule is CCOC(=O)N1CC[NH+]([C@H]2CC(=O)N(c3ccc(N4CCOCC4)cc3)C2=O)CC1. The van der Waals surface area contributed by atoms with Gasteiger partial charge in [0.05, 0.1) is 58.1 Å². The molecule has 30 heavy (non-hydrogen) atoms. The number of imide groups is 1. The first kappa shape index (κ1) is 20.6. The summed E-state index contributed by atoms with van der Waals surface area (Å²) in [4.78, 5) is 43.9. The molecule has 4 rings (SSSR count). The van der Waals surface area contributed by atoms with Crippen molar-refractivity contribution < 1.29 is 28.8 Å². The van der Waals surface area contributed by atoms with E-state index in [1.807, 2.05) is 24.3 Å². The molecular weight excluding hydrogens is 388 g/mol. The van der Waals surface area contributed by atoms with Gasteiger partial charge in [0.15, 0.2) is 6.04 Å². The number of benzene rings is 1. The summed E-state index contributed by atoms with van der Waals surface area (Å²) < 4.78 is 10.4. The maximum Gasteiger partial charge on any atom is 0.410 e. The lowest BCUT2D eigenvalue weighted by Crippen LogP contribution is -3.19. The van der Waals surface area contributed by atoms with Crippen LogP contribution in [0.1, 0.15) is 13.3 Å². The molecule has 3 amide bonds. The Morgan fingerprint density at radius 1 is 1.07 bits per heavy atom. The van der Waals surface area contributed by atoms with E-state index in [2.05, 4.69) is 4.90 Å². The van der Waals surface area contributed by atoms with Gasteiger partial charge in [0.25, 0.3) is 5.91 Å². The molecule has 9 nitrogen and oxygen atoms in total. The van der Waals surface area contributed by atoms with Crippen molar-refractivity contribution in [2.24, 2.45) is 0 Å². The van der Waals surface area contributed by atoms with Gasteiger partial charge in [-0.05, 0) is 31.2 Å². The number of nitrogens with zero attached hydrogens (tertiary/aromatic N) is 3. The number of morpholine rings is 1. The van der Waals surface area contributed by atoms with Crippen LogP contribution in [0.5, 0.6) is 0 Å². The zero-order valence-corrected chi connectivity index (χ0v) is 17.3. The molecule has 0 radical (unpaired) electrons. The maximum absolute atomic E-state index is 13.1. The molecule has 0 saturated carbocycles. The number of carbonyl (C=O) groups is 3. The van der Waals surface area contributed by atoms with Crippen molar-refractivity contribution in [3.8, 4) is 0 Å². The zero-order valence-electron chi connectivity index (χ0n) is 17.3. The minimum Gasteiger partial charge on any atom is -0.450 e. The number of hydrogen-bond acceptors (Lipinski definition) is 6. The fourth-order valence-electron chi connectivity index (χ4n) is 4.40. The van der Waals surface area contributed by atoms with Crippen molar-refractivity contribution in [2.45, 2.75) is 19.4 Å². The second kappa shape index (κ2) is 9.01. The van der Waals surface area contributed by atoms with Crippen molar-refractivity contribution in [1.82, 2.24) is 4.90 Å². The number of anilines is 2. The van der Waals surface area contributed by atoms with Crippen LogP contribution in [0.4, 0.5) is 16.2 Å². The van der Waals surface area contributed by atoms with Crippen LogP contribution in [0, 0.1) is 0 Å². The van der Waals surface area contributed by atoms with Crippen LogP contribution in [0.3, 0.4) is 0 Å². The molecule has 0 aliphatic carbocycles. The van der Waals surface area contributed by atoms with Gasteiger partial charge in [-0.2, -0.15) is 0 Å². The molecule has 1 atom stereocenters. The predicted molar refractivity (Wildman–Crippen MR) is 110 cm³/mol. The number of carbonyl (C=O) groups excluding carboxylic acids is 3. The molecule has 3 heterocycles. The Bertz CT molecular complexity index is 785. The maximum atomic E-state index is 13.1. The number of quaternary nitrogens is 1. The summed E-state index contributed by atoms with van der Waals surface area (Å²) in [5, 5.41) is 0. The third-order valence-corrected chi connectivity index (χ3v) is 6.06. The number of rotatable bonds is 4. The quantitative estimate of drug-likeness (QED) is 0.666. The molecule has 3 fully saturated rings. The van der Waals surface area contributed by atoms with E-state index in [-0.39, 0.29) is 30.4 Å². The fraction of sp³-hybridized carbons (Fsp3) is 0.571. The Morgan fingerprint density at radius 3 is 2.33 bits per heavy atom. The van der Waals surface area contributed by atoms with Crippen molar-refractivity contribution in [2.75, 3.05) is 68.9 Å². The molecule has 3 saturated heterocycles. The highest BCUT2D eigenvalue weighted by molar-refractivity contribution is 6.21. The van der Waals surface area contributed by atoms with E-state index >= 15 is 0 Å². The summed E-state index contributed by atoms with van der Waals surface area (Å²) in [5.41, 5.74) is 1.69. The lowest BCUT2D eigenvalue weighted by molar-refractivity contribution is -0.918. The summed E-state index contributed by atoms with van der Waals surface area (Å²) in [6.45, 7) is 7.54. The van der Waals surface area contributed by atoms with Crippen LogP contribution in [0.25, 0.3) is 0 Å². The molecular formula is C21H29N4O5+. The third kappa shape index (κ3) is 4.13. The lowest BCUT2D eigenvalue weighted by atomic mass is 10.2. The van der Waals surface area contributed by atoms with Gasteiger partial charge in [-0.1, -0.05) is 0 Å².